The predicted octanol–water partition coefficient (Wildman–Crippen LogP) is 2.70. The molecule has 5 atom stereocenters. The molecule has 5 rings (SSSR count). The van der Waals surface area contributed by atoms with E-state index in [1.165, 1.54) is 7.11 Å². The van der Waals surface area contributed by atoms with Crippen molar-refractivity contribution in [1.29, 1.82) is 0 Å². The number of aliphatic hydroxyl groups excluding tert-OH is 1. The quantitative estimate of drug-likeness (QED) is 0.676. The fourth-order valence-electron chi connectivity index (χ4n) is 5.51. The molecule has 0 spiro atoms. The summed E-state index contributed by atoms with van der Waals surface area (Å²) in [6.07, 6.45) is -4.39. The lowest BCUT2D eigenvalue weighted by Gasteiger charge is -2.29. The predicted molar refractivity (Wildman–Crippen MR) is 108 cm³/mol. The molecule has 176 valence electrons. The molecule has 2 aromatic rings. The molecule has 2 saturated heterocycles. The van der Waals surface area contributed by atoms with E-state index in [2.05, 4.69) is 15.3 Å². The van der Waals surface area contributed by atoms with E-state index in [-0.39, 0.29) is 24.7 Å². The van der Waals surface area contributed by atoms with Crippen molar-refractivity contribution in [3.8, 4) is 11.8 Å². The molecule has 0 radical (unpaired) electrons. The van der Waals surface area contributed by atoms with Gasteiger partial charge in [-0.05, 0) is 31.0 Å². The van der Waals surface area contributed by atoms with Gasteiger partial charge in [0.15, 0.2) is 0 Å². The maximum atomic E-state index is 13.6. The van der Waals surface area contributed by atoms with Crippen LogP contribution in [0.5, 0.6) is 11.8 Å². The Balaban J connectivity index is 1.51. The van der Waals surface area contributed by atoms with E-state index < -0.39 is 46.8 Å². The number of carbonyl (C=O) groups is 1. The lowest BCUT2D eigenvalue weighted by Crippen LogP contribution is -2.44. The zero-order valence-corrected chi connectivity index (χ0v) is 17.8. The van der Waals surface area contributed by atoms with E-state index in [9.17, 15) is 23.1 Å². The van der Waals surface area contributed by atoms with E-state index in [4.69, 9.17) is 14.2 Å². The van der Waals surface area contributed by atoms with Gasteiger partial charge in [0.2, 0.25) is 17.7 Å². The fraction of sp³-hybridized carbons (Fsp3) is 0.500. The van der Waals surface area contributed by atoms with Gasteiger partial charge < -0.3 is 24.6 Å². The Bertz CT molecular complexity index is 1110. The smallest absolute Gasteiger partial charge is 0.416 e. The maximum absolute atomic E-state index is 13.6. The third kappa shape index (κ3) is 3.09. The molecule has 11 heteroatoms. The maximum Gasteiger partial charge on any atom is 0.416 e. The number of halogens is 3. The summed E-state index contributed by atoms with van der Waals surface area (Å²) < 4.78 is 56.5. The van der Waals surface area contributed by atoms with Crippen LogP contribution < -0.4 is 14.8 Å². The monoisotopic (exact) mass is 465 g/mol. The van der Waals surface area contributed by atoms with E-state index >= 15 is 0 Å². The van der Waals surface area contributed by atoms with Gasteiger partial charge in [0.25, 0.3) is 0 Å². The van der Waals surface area contributed by atoms with Gasteiger partial charge in [0, 0.05) is 30.2 Å². The van der Waals surface area contributed by atoms with Crippen LogP contribution in [0, 0.1) is 5.41 Å². The Labute approximate surface area is 187 Å². The molecule has 2 aromatic heterocycles. The van der Waals surface area contributed by atoms with Gasteiger partial charge in [-0.15, -0.1) is 0 Å². The Morgan fingerprint density at radius 2 is 2.12 bits per heavy atom. The Morgan fingerprint density at radius 1 is 1.33 bits per heavy atom. The van der Waals surface area contributed by atoms with Crippen LogP contribution in [0.1, 0.15) is 30.9 Å². The summed E-state index contributed by atoms with van der Waals surface area (Å²) in [6, 6.07) is 5.00. The van der Waals surface area contributed by atoms with Gasteiger partial charge in [-0.2, -0.15) is 18.2 Å². The number of amides is 1. The molecule has 2 N–H and O–H groups in total. The molecule has 2 bridgehead atoms. The number of methoxy groups -OCH3 is 1. The summed E-state index contributed by atoms with van der Waals surface area (Å²) in [4.78, 5) is 21.7. The number of carbonyl (C=O) groups excluding carboxylic acids is 1. The highest BCUT2D eigenvalue weighted by molar-refractivity contribution is 6.00. The third-order valence-electron chi connectivity index (χ3n) is 6.91. The van der Waals surface area contributed by atoms with Crippen molar-refractivity contribution in [3.05, 3.63) is 41.6 Å². The number of nitrogens with zero attached hydrogens (tertiary/aromatic N) is 2. The average molecular weight is 465 g/mol. The van der Waals surface area contributed by atoms with Crippen LogP contribution in [-0.4, -0.2) is 53.0 Å². The molecule has 2 aliphatic heterocycles. The number of aromatic nitrogens is 2. The lowest BCUT2D eigenvalue weighted by molar-refractivity contribution is -0.137. The molecule has 3 fully saturated rings. The normalized spacial score (nSPS) is 31.8. The van der Waals surface area contributed by atoms with Gasteiger partial charge in [-0.25, -0.2) is 4.98 Å². The molecule has 1 saturated carbocycles. The fourth-order valence-corrected chi connectivity index (χ4v) is 5.51. The van der Waals surface area contributed by atoms with E-state index in [1.54, 1.807) is 25.3 Å². The largest absolute Gasteiger partial charge is 0.481 e. The number of pyridine rings is 2. The first kappa shape index (κ1) is 21.9. The van der Waals surface area contributed by atoms with Crippen LogP contribution in [0.25, 0.3) is 0 Å². The van der Waals surface area contributed by atoms with Gasteiger partial charge in [0.05, 0.1) is 43.0 Å². The van der Waals surface area contributed by atoms with Crippen LogP contribution in [0.2, 0.25) is 0 Å². The SMILES string of the molecule is CCOc1cc(C(F)(F)F)cc(NC(=O)[C@]23C[C@@]2(c2ccnc(OC)c2)[C@H]2O[C@@H]3C[C@@H]2O)n1. The molecule has 8 nitrogen and oxygen atoms in total. The first-order valence-electron chi connectivity index (χ1n) is 10.5. The highest BCUT2D eigenvalue weighted by Crippen LogP contribution is 2.77. The molecule has 0 aromatic carbocycles. The summed E-state index contributed by atoms with van der Waals surface area (Å²) in [5, 5.41) is 13.1. The second-order valence-corrected chi connectivity index (χ2v) is 8.52. The van der Waals surface area contributed by atoms with Crippen molar-refractivity contribution >= 4 is 11.7 Å². The Morgan fingerprint density at radius 3 is 2.82 bits per heavy atom. The average Bonchev–Trinajstić information content (AvgIpc) is 3.26. The van der Waals surface area contributed by atoms with Crippen LogP contribution in [0.4, 0.5) is 19.0 Å². The molecule has 0 unspecified atom stereocenters. The first-order valence-corrected chi connectivity index (χ1v) is 10.5. The van der Waals surface area contributed by atoms with Crippen LogP contribution >= 0.6 is 0 Å². The minimum absolute atomic E-state index is 0.119. The first-order chi connectivity index (χ1) is 15.7. The zero-order valence-electron chi connectivity index (χ0n) is 17.8. The summed E-state index contributed by atoms with van der Waals surface area (Å²) in [6.45, 7) is 1.74. The minimum Gasteiger partial charge on any atom is -0.481 e. The van der Waals surface area contributed by atoms with E-state index in [0.717, 1.165) is 17.7 Å². The molecule has 33 heavy (non-hydrogen) atoms. The Kier molecular flexibility index (Phi) is 4.84. The second-order valence-electron chi connectivity index (χ2n) is 8.52. The second kappa shape index (κ2) is 7.29. The number of fused-ring (bicyclic) bond motifs is 5. The lowest BCUT2D eigenvalue weighted by atomic mass is 9.74. The highest BCUT2D eigenvalue weighted by atomic mass is 19.4. The van der Waals surface area contributed by atoms with Gasteiger partial charge in [-0.1, -0.05) is 0 Å². The highest BCUT2D eigenvalue weighted by Gasteiger charge is 2.87. The molecular formula is C22H22F3N3O5. The van der Waals surface area contributed by atoms with Gasteiger partial charge in [-0.3, -0.25) is 4.79 Å². The number of alkyl halides is 3. The topological polar surface area (TPSA) is 103 Å². The van der Waals surface area contributed by atoms with Gasteiger partial charge in [0.1, 0.15) is 5.82 Å². The molecule has 1 aliphatic carbocycles. The summed E-state index contributed by atoms with van der Waals surface area (Å²) in [5.74, 6) is -0.655. The molecule has 4 heterocycles. The van der Waals surface area contributed by atoms with Crippen LogP contribution in [0.3, 0.4) is 0 Å². The van der Waals surface area contributed by atoms with E-state index in [1.807, 2.05) is 0 Å². The molecule has 3 aliphatic rings. The van der Waals surface area contributed by atoms with Crippen molar-refractivity contribution in [3.63, 3.8) is 0 Å². The number of anilines is 1. The van der Waals surface area contributed by atoms with Crippen molar-refractivity contribution in [2.75, 3.05) is 19.0 Å². The molecule has 1 amide bonds. The van der Waals surface area contributed by atoms with Crippen LogP contribution in [0.15, 0.2) is 30.5 Å². The standard InChI is InChI=1S/C22H22F3N3O5/c1-3-32-17-8-12(22(23,24)25)6-15(27-17)28-19(30)21-10-20(21,18-13(29)9-14(21)33-18)11-4-5-26-16(7-11)31-2/h4-8,13-14,18,29H,3,9-10H2,1-2H3,(H,27,28,30)/t13-,14+,18-,20+,21+/m0/s1. The zero-order chi connectivity index (χ0) is 23.6. The summed E-state index contributed by atoms with van der Waals surface area (Å²) in [5.41, 5.74) is -2.14. The number of hydrogen-bond acceptors (Lipinski definition) is 7. The Hall–Kier alpha value is -2.92. The number of aliphatic hydroxyl groups is 1. The summed E-state index contributed by atoms with van der Waals surface area (Å²) >= 11 is 0. The number of nitrogens with one attached hydrogen (secondary N) is 1. The van der Waals surface area contributed by atoms with Crippen molar-refractivity contribution in [2.45, 2.75) is 49.7 Å². The molecular weight excluding hydrogens is 443 g/mol. The summed E-state index contributed by atoms with van der Waals surface area (Å²) in [7, 11) is 1.47. The number of hydrogen-bond donors (Lipinski definition) is 2. The number of ether oxygens (including phenoxy) is 3. The third-order valence-corrected chi connectivity index (χ3v) is 6.91. The van der Waals surface area contributed by atoms with Crippen molar-refractivity contribution in [1.82, 2.24) is 9.97 Å². The van der Waals surface area contributed by atoms with Gasteiger partial charge >= 0.3 is 6.18 Å². The van der Waals surface area contributed by atoms with Crippen molar-refractivity contribution < 1.29 is 37.3 Å². The number of rotatable bonds is 6. The minimum atomic E-state index is -4.64. The van der Waals surface area contributed by atoms with Crippen LogP contribution in [-0.2, 0) is 21.1 Å². The van der Waals surface area contributed by atoms with E-state index in [0.29, 0.717) is 12.3 Å². The van der Waals surface area contributed by atoms with Crippen molar-refractivity contribution in [2.24, 2.45) is 5.41 Å².